The lowest BCUT2D eigenvalue weighted by Gasteiger charge is -2.23. The first kappa shape index (κ1) is 14.2. The van der Waals surface area contributed by atoms with Crippen molar-refractivity contribution < 1.29 is 4.52 Å². The molecule has 1 aliphatic carbocycles. The molecule has 5 nitrogen and oxygen atoms in total. The number of hydrogen-bond donors (Lipinski definition) is 0. The van der Waals surface area contributed by atoms with Crippen molar-refractivity contribution in [2.45, 2.75) is 45.1 Å². The standard InChI is InChI=1S/C18H19N3O2/c1-12-15-16(13-8-4-2-5-9-13)19-21(14-10-6-3-7-11-14)18(22)17(15)20-23-12/h2,4-5,8-9,14H,3,6-7,10-11H2,1H3. The molecule has 1 fully saturated rings. The van der Waals surface area contributed by atoms with Crippen molar-refractivity contribution >= 4 is 10.9 Å². The summed E-state index contributed by atoms with van der Waals surface area (Å²) in [7, 11) is 0. The molecule has 2 aromatic heterocycles. The summed E-state index contributed by atoms with van der Waals surface area (Å²) >= 11 is 0. The molecule has 1 aliphatic rings. The largest absolute Gasteiger partial charge is 0.360 e. The van der Waals surface area contributed by atoms with Crippen molar-refractivity contribution in [3.05, 3.63) is 46.4 Å². The monoisotopic (exact) mass is 309 g/mol. The van der Waals surface area contributed by atoms with Crippen LogP contribution in [0.3, 0.4) is 0 Å². The van der Waals surface area contributed by atoms with E-state index < -0.39 is 0 Å². The van der Waals surface area contributed by atoms with Crippen LogP contribution in [0.5, 0.6) is 0 Å². The maximum atomic E-state index is 12.8. The third-order valence-electron chi connectivity index (χ3n) is 4.69. The molecule has 0 amide bonds. The van der Waals surface area contributed by atoms with Gasteiger partial charge in [0.25, 0.3) is 5.56 Å². The Balaban J connectivity index is 1.98. The lowest BCUT2D eigenvalue weighted by Crippen LogP contribution is -2.29. The SMILES string of the molecule is Cc1onc2c(=O)n(C3CCCCC3)nc(-c3ccccc3)c12. The minimum atomic E-state index is -0.136. The first-order chi connectivity index (χ1) is 11.3. The minimum absolute atomic E-state index is 0.136. The van der Waals surface area contributed by atoms with E-state index in [1.165, 1.54) is 6.42 Å². The van der Waals surface area contributed by atoms with Gasteiger partial charge in [-0.1, -0.05) is 54.8 Å². The highest BCUT2D eigenvalue weighted by Crippen LogP contribution is 2.30. The van der Waals surface area contributed by atoms with Gasteiger partial charge in [0.15, 0.2) is 5.52 Å². The first-order valence-electron chi connectivity index (χ1n) is 8.20. The van der Waals surface area contributed by atoms with E-state index in [1.54, 1.807) is 4.68 Å². The number of aromatic nitrogens is 3. The van der Waals surface area contributed by atoms with E-state index in [0.29, 0.717) is 11.3 Å². The van der Waals surface area contributed by atoms with Gasteiger partial charge in [0.2, 0.25) is 0 Å². The van der Waals surface area contributed by atoms with Gasteiger partial charge in [0.1, 0.15) is 11.5 Å². The molecule has 2 heterocycles. The number of nitrogens with zero attached hydrogens (tertiary/aromatic N) is 3. The highest BCUT2D eigenvalue weighted by atomic mass is 16.5. The predicted octanol–water partition coefficient (Wildman–Crippen LogP) is 3.87. The van der Waals surface area contributed by atoms with Crippen LogP contribution in [0.15, 0.2) is 39.6 Å². The molecule has 0 N–H and O–H groups in total. The molecule has 0 saturated heterocycles. The maximum Gasteiger partial charge on any atom is 0.297 e. The summed E-state index contributed by atoms with van der Waals surface area (Å²) in [6.07, 6.45) is 5.54. The third kappa shape index (κ3) is 2.36. The van der Waals surface area contributed by atoms with Gasteiger partial charge in [0, 0.05) is 5.56 Å². The lowest BCUT2D eigenvalue weighted by atomic mass is 9.95. The second-order valence-corrected chi connectivity index (χ2v) is 6.22. The Kier molecular flexibility index (Phi) is 3.48. The molecule has 0 spiro atoms. The zero-order valence-electron chi connectivity index (χ0n) is 13.2. The maximum absolute atomic E-state index is 12.8. The Morgan fingerprint density at radius 2 is 1.87 bits per heavy atom. The normalized spacial score (nSPS) is 16.0. The molecular weight excluding hydrogens is 290 g/mol. The first-order valence-corrected chi connectivity index (χ1v) is 8.20. The van der Waals surface area contributed by atoms with E-state index in [1.807, 2.05) is 37.3 Å². The summed E-state index contributed by atoms with van der Waals surface area (Å²) in [5.74, 6) is 0.638. The van der Waals surface area contributed by atoms with Crippen molar-refractivity contribution in [3.8, 4) is 11.3 Å². The highest BCUT2D eigenvalue weighted by Gasteiger charge is 2.23. The summed E-state index contributed by atoms with van der Waals surface area (Å²) in [5.41, 5.74) is 2.02. The van der Waals surface area contributed by atoms with E-state index >= 15 is 0 Å². The minimum Gasteiger partial charge on any atom is -0.360 e. The van der Waals surface area contributed by atoms with E-state index in [4.69, 9.17) is 9.62 Å². The fraction of sp³-hybridized carbons (Fsp3) is 0.389. The van der Waals surface area contributed by atoms with Crippen LogP contribution < -0.4 is 5.56 Å². The fourth-order valence-corrected chi connectivity index (χ4v) is 3.48. The summed E-state index contributed by atoms with van der Waals surface area (Å²) < 4.78 is 6.94. The number of aryl methyl sites for hydroxylation is 1. The van der Waals surface area contributed by atoms with Crippen LogP contribution in [0, 0.1) is 6.92 Å². The molecule has 0 unspecified atom stereocenters. The third-order valence-corrected chi connectivity index (χ3v) is 4.69. The Labute approximate surface area is 133 Å². The van der Waals surface area contributed by atoms with Crippen LogP contribution >= 0.6 is 0 Å². The van der Waals surface area contributed by atoms with Gasteiger partial charge in [-0.3, -0.25) is 4.79 Å². The predicted molar refractivity (Wildman–Crippen MR) is 88.4 cm³/mol. The van der Waals surface area contributed by atoms with Crippen molar-refractivity contribution in [2.24, 2.45) is 0 Å². The molecule has 1 aromatic carbocycles. The molecule has 1 saturated carbocycles. The van der Waals surface area contributed by atoms with E-state index in [2.05, 4.69) is 5.16 Å². The Morgan fingerprint density at radius 3 is 2.61 bits per heavy atom. The van der Waals surface area contributed by atoms with Crippen molar-refractivity contribution in [1.82, 2.24) is 14.9 Å². The zero-order chi connectivity index (χ0) is 15.8. The number of fused-ring (bicyclic) bond motifs is 1. The topological polar surface area (TPSA) is 60.9 Å². The van der Waals surface area contributed by atoms with Gasteiger partial charge in [0.05, 0.1) is 11.4 Å². The second-order valence-electron chi connectivity index (χ2n) is 6.22. The molecule has 5 heteroatoms. The summed E-state index contributed by atoms with van der Waals surface area (Å²) in [6.45, 7) is 1.83. The Morgan fingerprint density at radius 1 is 1.13 bits per heavy atom. The molecular formula is C18H19N3O2. The van der Waals surface area contributed by atoms with E-state index in [9.17, 15) is 4.79 Å². The van der Waals surface area contributed by atoms with Gasteiger partial charge in [-0.15, -0.1) is 0 Å². The van der Waals surface area contributed by atoms with E-state index in [0.717, 1.165) is 42.3 Å². The van der Waals surface area contributed by atoms with Crippen LogP contribution in [-0.4, -0.2) is 14.9 Å². The fourth-order valence-electron chi connectivity index (χ4n) is 3.48. The average Bonchev–Trinajstić information content (AvgIpc) is 3.00. The molecule has 0 radical (unpaired) electrons. The van der Waals surface area contributed by atoms with Crippen LogP contribution in [0.25, 0.3) is 22.2 Å². The van der Waals surface area contributed by atoms with Crippen LogP contribution in [0.4, 0.5) is 0 Å². The molecule has 0 atom stereocenters. The summed E-state index contributed by atoms with van der Waals surface area (Å²) in [6, 6.07) is 10.1. The molecule has 118 valence electrons. The highest BCUT2D eigenvalue weighted by molar-refractivity contribution is 5.92. The lowest BCUT2D eigenvalue weighted by molar-refractivity contribution is 0.320. The Bertz CT molecular complexity index is 890. The second kappa shape index (κ2) is 5.65. The summed E-state index contributed by atoms with van der Waals surface area (Å²) in [4.78, 5) is 12.8. The van der Waals surface area contributed by atoms with Crippen molar-refractivity contribution in [3.63, 3.8) is 0 Å². The number of benzene rings is 1. The van der Waals surface area contributed by atoms with Gasteiger partial charge >= 0.3 is 0 Å². The van der Waals surface area contributed by atoms with Crippen molar-refractivity contribution in [2.75, 3.05) is 0 Å². The van der Waals surface area contributed by atoms with Gasteiger partial charge < -0.3 is 4.52 Å². The molecule has 0 aliphatic heterocycles. The van der Waals surface area contributed by atoms with Crippen LogP contribution in [0.1, 0.15) is 43.9 Å². The number of hydrogen-bond acceptors (Lipinski definition) is 4. The van der Waals surface area contributed by atoms with Gasteiger partial charge in [-0.25, -0.2) is 4.68 Å². The molecule has 4 rings (SSSR count). The van der Waals surface area contributed by atoms with Crippen molar-refractivity contribution in [1.29, 1.82) is 0 Å². The van der Waals surface area contributed by atoms with E-state index in [-0.39, 0.29) is 11.6 Å². The quantitative estimate of drug-likeness (QED) is 0.721. The summed E-state index contributed by atoms with van der Waals surface area (Å²) in [5, 5.41) is 9.47. The average molecular weight is 309 g/mol. The number of rotatable bonds is 2. The molecule has 0 bridgehead atoms. The molecule has 23 heavy (non-hydrogen) atoms. The van der Waals surface area contributed by atoms with Gasteiger partial charge in [-0.05, 0) is 19.8 Å². The Hall–Kier alpha value is -2.43. The molecule has 3 aromatic rings. The van der Waals surface area contributed by atoms with Crippen LogP contribution in [-0.2, 0) is 0 Å². The van der Waals surface area contributed by atoms with Gasteiger partial charge in [-0.2, -0.15) is 5.10 Å². The van der Waals surface area contributed by atoms with Crippen LogP contribution in [0.2, 0.25) is 0 Å². The smallest absolute Gasteiger partial charge is 0.297 e. The zero-order valence-corrected chi connectivity index (χ0v) is 13.2.